The van der Waals surface area contributed by atoms with Crippen molar-refractivity contribution < 1.29 is 19.1 Å². The third kappa shape index (κ3) is 8.32. The van der Waals surface area contributed by atoms with Gasteiger partial charge in [-0.2, -0.15) is 5.26 Å². The van der Waals surface area contributed by atoms with Crippen LogP contribution in [-0.4, -0.2) is 37.0 Å². The lowest BCUT2D eigenvalue weighted by molar-refractivity contribution is -0.142. The quantitative estimate of drug-likeness (QED) is 0.484. The number of allylic oxidation sites excluding steroid dienone is 1. The molecule has 0 aliphatic carbocycles. The molecule has 7 nitrogen and oxygen atoms in total. The molecular weight excluding hydrogens is 322 g/mol. The van der Waals surface area contributed by atoms with E-state index in [-0.39, 0.29) is 25.5 Å². The van der Waals surface area contributed by atoms with Crippen molar-refractivity contribution in [1.29, 1.82) is 5.26 Å². The summed E-state index contributed by atoms with van der Waals surface area (Å²) < 4.78 is 4.56. The zero-order valence-corrected chi connectivity index (χ0v) is 13.9. The number of carbonyl (C=O) groups is 3. The monoisotopic (exact) mass is 343 g/mol. The highest BCUT2D eigenvalue weighted by Crippen LogP contribution is 2.04. The van der Waals surface area contributed by atoms with Crippen LogP contribution in [0.5, 0.6) is 0 Å². The number of nitrogens with zero attached hydrogens (tertiary/aromatic N) is 1. The van der Waals surface area contributed by atoms with Gasteiger partial charge in [0.1, 0.15) is 18.7 Å². The van der Waals surface area contributed by atoms with E-state index < -0.39 is 17.9 Å². The molecule has 0 bridgehead atoms. The van der Waals surface area contributed by atoms with Crippen molar-refractivity contribution in [1.82, 2.24) is 10.6 Å². The molecule has 0 saturated carbocycles. The number of amides is 2. The minimum Gasteiger partial charge on any atom is -0.449 e. The van der Waals surface area contributed by atoms with Crippen LogP contribution in [0.25, 0.3) is 0 Å². The molecular formula is C18H21N3O4. The lowest BCUT2D eigenvalue weighted by Gasteiger charge is -2.18. The van der Waals surface area contributed by atoms with E-state index in [1.807, 2.05) is 30.3 Å². The standard InChI is InChI=1S/C18H21N3O4/c1-2-3-9-16(22)21-15(12-14-7-5-4-6-8-14)18(24)20-13-17(23)25-11-10-19/h2,4-8,15H,1,3,9,11-13H2,(H,20,24)(H,21,22). The highest BCUT2D eigenvalue weighted by molar-refractivity contribution is 5.89. The first-order valence-electron chi connectivity index (χ1n) is 7.81. The molecule has 0 heterocycles. The number of benzene rings is 1. The van der Waals surface area contributed by atoms with Gasteiger partial charge in [-0.1, -0.05) is 36.4 Å². The van der Waals surface area contributed by atoms with Crippen LogP contribution in [0.2, 0.25) is 0 Å². The Bertz CT molecular complexity index is 637. The van der Waals surface area contributed by atoms with Crippen LogP contribution in [0.3, 0.4) is 0 Å². The van der Waals surface area contributed by atoms with E-state index >= 15 is 0 Å². The second-order valence-electron chi connectivity index (χ2n) is 5.17. The highest BCUT2D eigenvalue weighted by Gasteiger charge is 2.21. The number of hydrogen-bond donors (Lipinski definition) is 2. The van der Waals surface area contributed by atoms with E-state index in [0.717, 1.165) is 5.56 Å². The zero-order chi connectivity index (χ0) is 18.5. The predicted molar refractivity (Wildman–Crippen MR) is 91.1 cm³/mol. The largest absolute Gasteiger partial charge is 0.449 e. The third-order valence-corrected chi connectivity index (χ3v) is 3.21. The molecule has 0 fully saturated rings. The number of carbonyl (C=O) groups excluding carboxylic acids is 3. The van der Waals surface area contributed by atoms with Crippen molar-refractivity contribution in [2.75, 3.05) is 13.2 Å². The van der Waals surface area contributed by atoms with E-state index in [0.29, 0.717) is 12.8 Å². The maximum atomic E-state index is 12.3. The van der Waals surface area contributed by atoms with Gasteiger partial charge in [0.15, 0.2) is 6.61 Å². The van der Waals surface area contributed by atoms with Crippen LogP contribution in [0, 0.1) is 11.3 Å². The summed E-state index contributed by atoms with van der Waals surface area (Å²) in [5.41, 5.74) is 0.874. The SMILES string of the molecule is C=CCCC(=O)NC(Cc1ccccc1)C(=O)NCC(=O)OCC#N. The Morgan fingerprint density at radius 1 is 1.28 bits per heavy atom. The van der Waals surface area contributed by atoms with E-state index in [9.17, 15) is 14.4 Å². The van der Waals surface area contributed by atoms with Gasteiger partial charge in [-0.15, -0.1) is 6.58 Å². The normalized spacial score (nSPS) is 10.8. The number of nitrogens with one attached hydrogen (secondary N) is 2. The minimum atomic E-state index is -0.816. The molecule has 0 aliphatic heterocycles. The van der Waals surface area contributed by atoms with Crippen molar-refractivity contribution in [2.24, 2.45) is 0 Å². The molecule has 0 saturated heterocycles. The van der Waals surface area contributed by atoms with Crippen molar-refractivity contribution in [3.63, 3.8) is 0 Å². The zero-order valence-electron chi connectivity index (χ0n) is 13.9. The van der Waals surface area contributed by atoms with Gasteiger partial charge in [0.2, 0.25) is 11.8 Å². The minimum absolute atomic E-state index is 0.228. The lowest BCUT2D eigenvalue weighted by Crippen LogP contribution is -2.49. The smallest absolute Gasteiger partial charge is 0.326 e. The number of ether oxygens (including phenoxy) is 1. The van der Waals surface area contributed by atoms with E-state index in [1.54, 1.807) is 12.1 Å². The molecule has 2 amide bonds. The van der Waals surface area contributed by atoms with Crippen LogP contribution < -0.4 is 10.6 Å². The van der Waals surface area contributed by atoms with Gasteiger partial charge >= 0.3 is 5.97 Å². The second kappa shape index (κ2) is 11.4. The van der Waals surface area contributed by atoms with Crippen LogP contribution in [0.1, 0.15) is 18.4 Å². The Kier molecular flexibility index (Phi) is 9.08. The molecule has 1 aromatic carbocycles. The molecule has 1 rings (SSSR count). The topological polar surface area (TPSA) is 108 Å². The summed E-state index contributed by atoms with van der Waals surface area (Å²) >= 11 is 0. The van der Waals surface area contributed by atoms with Gasteiger partial charge in [-0.25, -0.2) is 0 Å². The van der Waals surface area contributed by atoms with Crippen LogP contribution >= 0.6 is 0 Å². The Hall–Kier alpha value is -3.14. The van der Waals surface area contributed by atoms with Gasteiger partial charge in [0.25, 0.3) is 0 Å². The van der Waals surface area contributed by atoms with Crippen LogP contribution in [-0.2, 0) is 25.5 Å². The number of rotatable bonds is 10. The summed E-state index contributed by atoms with van der Waals surface area (Å²) in [6, 6.07) is 10.1. The second-order valence-corrected chi connectivity index (χ2v) is 5.17. The Morgan fingerprint density at radius 3 is 2.64 bits per heavy atom. The predicted octanol–water partition coefficient (Wildman–Crippen LogP) is 0.863. The van der Waals surface area contributed by atoms with Gasteiger partial charge in [-0.05, 0) is 12.0 Å². The molecule has 1 aromatic rings. The van der Waals surface area contributed by atoms with Crippen molar-refractivity contribution in [2.45, 2.75) is 25.3 Å². The average molecular weight is 343 g/mol. The fraction of sp³-hybridized carbons (Fsp3) is 0.333. The average Bonchev–Trinajstić information content (AvgIpc) is 2.63. The Morgan fingerprint density at radius 2 is 2.00 bits per heavy atom. The molecule has 2 N–H and O–H groups in total. The summed E-state index contributed by atoms with van der Waals surface area (Å²) in [5, 5.41) is 13.4. The maximum Gasteiger partial charge on any atom is 0.326 e. The van der Waals surface area contributed by atoms with Gasteiger partial charge < -0.3 is 15.4 Å². The summed E-state index contributed by atoms with van der Waals surface area (Å²) in [7, 11) is 0. The lowest BCUT2D eigenvalue weighted by atomic mass is 10.0. The van der Waals surface area contributed by atoms with Crippen molar-refractivity contribution >= 4 is 17.8 Å². The third-order valence-electron chi connectivity index (χ3n) is 3.21. The van der Waals surface area contributed by atoms with E-state index in [4.69, 9.17) is 5.26 Å². The molecule has 7 heteroatoms. The molecule has 132 valence electrons. The van der Waals surface area contributed by atoms with Gasteiger partial charge in [-0.3, -0.25) is 14.4 Å². The van der Waals surface area contributed by atoms with Crippen molar-refractivity contribution in [3.05, 3.63) is 48.6 Å². The fourth-order valence-electron chi connectivity index (χ4n) is 2.01. The first-order chi connectivity index (χ1) is 12.1. The Labute approximate surface area is 146 Å². The van der Waals surface area contributed by atoms with Gasteiger partial charge in [0, 0.05) is 12.8 Å². The van der Waals surface area contributed by atoms with Gasteiger partial charge in [0.05, 0.1) is 0 Å². The van der Waals surface area contributed by atoms with E-state index in [1.165, 1.54) is 0 Å². The fourth-order valence-corrected chi connectivity index (χ4v) is 2.01. The molecule has 25 heavy (non-hydrogen) atoms. The van der Waals surface area contributed by atoms with Crippen LogP contribution in [0.4, 0.5) is 0 Å². The first-order valence-corrected chi connectivity index (χ1v) is 7.81. The van der Waals surface area contributed by atoms with Crippen molar-refractivity contribution in [3.8, 4) is 6.07 Å². The molecule has 0 spiro atoms. The number of nitriles is 1. The van der Waals surface area contributed by atoms with E-state index in [2.05, 4.69) is 21.9 Å². The summed E-state index contributed by atoms with van der Waals surface area (Å²) in [4.78, 5) is 35.6. The summed E-state index contributed by atoms with van der Waals surface area (Å²) in [5.74, 6) is -1.49. The molecule has 1 atom stereocenters. The molecule has 0 radical (unpaired) electrons. The molecule has 1 unspecified atom stereocenters. The molecule has 0 aromatic heterocycles. The Balaban J connectivity index is 2.66. The maximum absolute atomic E-state index is 12.3. The number of esters is 1. The molecule has 0 aliphatic rings. The summed E-state index contributed by atoms with van der Waals surface area (Å²) in [6.45, 7) is 2.81. The van der Waals surface area contributed by atoms with Crippen LogP contribution in [0.15, 0.2) is 43.0 Å². The number of hydrogen-bond acceptors (Lipinski definition) is 5. The highest BCUT2D eigenvalue weighted by atomic mass is 16.5. The first kappa shape index (κ1) is 19.9. The summed E-state index contributed by atoms with van der Waals surface area (Å²) in [6.07, 6.45) is 2.65.